The molecule has 0 bridgehead atoms. The van der Waals surface area contributed by atoms with Gasteiger partial charge in [0.15, 0.2) is 5.43 Å². The fourth-order valence-electron chi connectivity index (χ4n) is 1.69. The summed E-state index contributed by atoms with van der Waals surface area (Å²) in [7, 11) is 1.29. The van der Waals surface area contributed by atoms with Gasteiger partial charge in [-0.25, -0.2) is 0 Å². The van der Waals surface area contributed by atoms with Crippen LogP contribution in [0, 0.1) is 0 Å². The van der Waals surface area contributed by atoms with Crippen LogP contribution in [0.4, 0.5) is 13.2 Å². The van der Waals surface area contributed by atoms with Gasteiger partial charge in [-0.2, -0.15) is 13.2 Å². The van der Waals surface area contributed by atoms with Crippen molar-refractivity contribution in [1.29, 1.82) is 0 Å². The van der Waals surface area contributed by atoms with Gasteiger partial charge in [-0.1, -0.05) is 15.9 Å². The predicted molar refractivity (Wildman–Crippen MR) is 61.9 cm³/mol. The number of aryl methyl sites for hydroxylation is 1. The maximum absolute atomic E-state index is 12.7. The highest BCUT2D eigenvalue weighted by atomic mass is 79.9. The molecular weight excluding hydrogens is 299 g/mol. The van der Waals surface area contributed by atoms with Gasteiger partial charge in [0.2, 0.25) is 0 Å². The fourth-order valence-corrected chi connectivity index (χ4v) is 2.04. The second kappa shape index (κ2) is 3.87. The zero-order chi connectivity index (χ0) is 12.8. The van der Waals surface area contributed by atoms with E-state index in [1.54, 1.807) is 6.07 Å². The molecule has 1 aromatic heterocycles. The molecule has 0 fully saturated rings. The lowest BCUT2D eigenvalue weighted by Crippen LogP contribution is -2.19. The number of rotatable bonds is 0. The molecule has 1 heterocycles. The lowest BCUT2D eigenvalue weighted by Gasteiger charge is -2.14. The second-order valence-electron chi connectivity index (χ2n) is 3.61. The molecule has 2 aromatic rings. The molecule has 0 unspecified atom stereocenters. The fraction of sp³-hybridized carbons (Fsp3) is 0.182. The van der Waals surface area contributed by atoms with Gasteiger partial charge in [0.25, 0.3) is 0 Å². The summed E-state index contributed by atoms with van der Waals surface area (Å²) in [6, 6.07) is 5.24. The highest BCUT2D eigenvalue weighted by molar-refractivity contribution is 9.10. The maximum Gasteiger partial charge on any atom is 0.431 e. The van der Waals surface area contributed by atoms with Crippen LogP contribution in [0.15, 0.2) is 33.5 Å². The van der Waals surface area contributed by atoms with Gasteiger partial charge in [0.05, 0.1) is 5.52 Å². The van der Waals surface area contributed by atoms with E-state index in [-0.39, 0.29) is 10.9 Å². The standard InChI is InChI=1S/C11H7BrF3NO/c1-16-8-4-6(12)2-3-7(8)9(17)5-10(16)11(13,14)15/h2-5H,1H3. The minimum atomic E-state index is -4.54. The number of hydrogen-bond donors (Lipinski definition) is 0. The first-order valence-electron chi connectivity index (χ1n) is 4.67. The van der Waals surface area contributed by atoms with Crippen LogP contribution in [0.5, 0.6) is 0 Å². The number of hydrogen-bond acceptors (Lipinski definition) is 1. The van der Waals surface area contributed by atoms with Crippen molar-refractivity contribution >= 4 is 26.8 Å². The largest absolute Gasteiger partial charge is 0.431 e. The lowest BCUT2D eigenvalue weighted by atomic mass is 10.2. The summed E-state index contributed by atoms with van der Waals surface area (Å²) in [6.07, 6.45) is -4.54. The van der Waals surface area contributed by atoms with Crippen LogP contribution in [0.3, 0.4) is 0 Å². The molecule has 2 nitrogen and oxygen atoms in total. The molecule has 0 atom stereocenters. The smallest absolute Gasteiger partial charge is 0.340 e. The molecule has 1 aromatic carbocycles. The van der Waals surface area contributed by atoms with E-state index in [2.05, 4.69) is 15.9 Å². The average Bonchev–Trinajstić information content (AvgIpc) is 2.21. The summed E-state index contributed by atoms with van der Waals surface area (Å²) < 4.78 is 39.7. The molecule has 0 N–H and O–H groups in total. The molecule has 0 aliphatic carbocycles. The number of alkyl halides is 3. The van der Waals surface area contributed by atoms with Crippen molar-refractivity contribution in [3.63, 3.8) is 0 Å². The summed E-state index contributed by atoms with van der Waals surface area (Å²) in [4.78, 5) is 11.6. The molecule has 17 heavy (non-hydrogen) atoms. The summed E-state index contributed by atoms with van der Waals surface area (Å²) >= 11 is 3.17. The Balaban J connectivity index is 2.93. The molecule has 90 valence electrons. The Labute approximate surface area is 103 Å². The number of halogens is 4. The van der Waals surface area contributed by atoms with Crippen molar-refractivity contribution in [1.82, 2.24) is 4.57 Å². The van der Waals surface area contributed by atoms with Crippen LogP contribution in [-0.2, 0) is 13.2 Å². The van der Waals surface area contributed by atoms with Crippen molar-refractivity contribution in [2.75, 3.05) is 0 Å². The molecule has 0 aliphatic rings. The predicted octanol–water partition coefficient (Wildman–Crippen LogP) is 3.32. The number of nitrogens with zero attached hydrogens (tertiary/aromatic N) is 1. The molecule has 6 heteroatoms. The van der Waals surface area contributed by atoms with Crippen molar-refractivity contribution in [2.24, 2.45) is 7.05 Å². The Bertz CT molecular complexity index is 645. The highest BCUT2D eigenvalue weighted by Gasteiger charge is 2.34. The summed E-state index contributed by atoms with van der Waals surface area (Å²) in [5.41, 5.74) is -1.33. The topological polar surface area (TPSA) is 22.0 Å². The normalized spacial score (nSPS) is 12.1. The minimum Gasteiger partial charge on any atom is -0.340 e. The van der Waals surface area contributed by atoms with Gasteiger partial charge in [0.1, 0.15) is 5.69 Å². The lowest BCUT2D eigenvalue weighted by molar-refractivity contribution is -0.143. The van der Waals surface area contributed by atoms with E-state index in [4.69, 9.17) is 0 Å². The third-order valence-electron chi connectivity index (χ3n) is 2.51. The second-order valence-corrected chi connectivity index (χ2v) is 4.53. The number of aromatic nitrogens is 1. The van der Waals surface area contributed by atoms with E-state index in [0.717, 1.165) is 4.57 Å². The monoisotopic (exact) mass is 305 g/mol. The molecule has 0 aliphatic heterocycles. The van der Waals surface area contributed by atoms with Crippen LogP contribution >= 0.6 is 15.9 Å². The van der Waals surface area contributed by atoms with Crippen LogP contribution in [-0.4, -0.2) is 4.57 Å². The molecular formula is C11H7BrF3NO. The van der Waals surface area contributed by atoms with E-state index in [0.29, 0.717) is 10.5 Å². The van der Waals surface area contributed by atoms with E-state index in [1.165, 1.54) is 19.2 Å². The Morgan fingerprint density at radius 3 is 2.47 bits per heavy atom. The summed E-state index contributed by atoms with van der Waals surface area (Å²) in [5, 5.41) is 0.267. The molecule has 2 rings (SSSR count). The summed E-state index contributed by atoms with van der Waals surface area (Å²) in [5.74, 6) is 0. The third-order valence-corrected chi connectivity index (χ3v) is 3.00. The van der Waals surface area contributed by atoms with Crippen molar-refractivity contribution < 1.29 is 13.2 Å². The third kappa shape index (κ3) is 2.09. The van der Waals surface area contributed by atoms with Gasteiger partial charge in [0, 0.05) is 23.0 Å². The highest BCUT2D eigenvalue weighted by Crippen LogP contribution is 2.30. The van der Waals surface area contributed by atoms with Crippen LogP contribution in [0.2, 0.25) is 0 Å². The van der Waals surface area contributed by atoms with E-state index in [9.17, 15) is 18.0 Å². The Morgan fingerprint density at radius 2 is 1.88 bits per heavy atom. The Morgan fingerprint density at radius 1 is 1.24 bits per heavy atom. The van der Waals surface area contributed by atoms with Crippen molar-refractivity contribution in [3.05, 3.63) is 44.7 Å². The van der Waals surface area contributed by atoms with Crippen LogP contribution in [0.1, 0.15) is 5.69 Å². The van der Waals surface area contributed by atoms with Crippen LogP contribution in [0.25, 0.3) is 10.9 Å². The van der Waals surface area contributed by atoms with E-state index < -0.39 is 17.3 Å². The maximum atomic E-state index is 12.7. The van der Waals surface area contributed by atoms with Crippen molar-refractivity contribution in [2.45, 2.75) is 6.18 Å². The van der Waals surface area contributed by atoms with E-state index in [1.807, 2.05) is 0 Å². The Hall–Kier alpha value is -1.30. The first kappa shape index (κ1) is 12.2. The average molecular weight is 306 g/mol. The van der Waals surface area contributed by atoms with Gasteiger partial charge >= 0.3 is 6.18 Å². The first-order valence-corrected chi connectivity index (χ1v) is 5.46. The number of pyridine rings is 1. The van der Waals surface area contributed by atoms with Crippen molar-refractivity contribution in [3.8, 4) is 0 Å². The molecule has 0 saturated heterocycles. The summed E-state index contributed by atoms with van der Waals surface area (Å²) in [6.45, 7) is 0. The number of fused-ring (bicyclic) bond motifs is 1. The quantitative estimate of drug-likeness (QED) is 0.732. The minimum absolute atomic E-state index is 0.249. The van der Waals surface area contributed by atoms with Gasteiger partial charge in [-0.3, -0.25) is 4.79 Å². The first-order chi connectivity index (χ1) is 7.80. The molecule has 0 radical (unpaired) electrons. The zero-order valence-electron chi connectivity index (χ0n) is 8.68. The van der Waals surface area contributed by atoms with Gasteiger partial charge in [-0.05, 0) is 18.2 Å². The van der Waals surface area contributed by atoms with Crippen LogP contribution < -0.4 is 5.43 Å². The Kier molecular flexibility index (Phi) is 2.77. The zero-order valence-corrected chi connectivity index (χ0v) is 10.3. The molecule has 0 spiro atoms. The van der Waals surface area contributed by atoms with Gasteiger partial charge in [-0.15, -0.1) is 0 Å². The molecule has 0 saturated carbocycles. The van der Waals surface area contributed by atoms with Gasteiger partial charge < -0.3 is 4.57 Å². The SMILES string of the molecule is Cn1c(C(F)(F)F)cc(=O)c2ccc(Br)cc21. The number of benzene rings is 1. The van der Waals surface area contributed by atoms with E-state index >= 15 is 0 Å². The molecule has 0 amide bonds.